The maximum absolute atomic E-state index is 12.2. The minimum atomic E-state index is -0.544. The van der Waals surface area contributed by atoms with E-state index < -0.39 is 5.72 Å². The number of hydrogen-bond acceptors (Lipinski definition) is 4. The highest BCUT2D eigenvalue weighted by Gasteiger charge is 2.53. The molecule has 6 nitrogen and oxygen atoms in total. The standard InChI is InChI=1S/C15H20N2O4/c18-12(8-17-13(19)1-2-14(17)20)16-15-6-9-3-10(7-15)5-11(4-9)21-15/h9-11H,1-8H2,(H,16,18)/t9-,10+,11?,15?. The number of nitrogens with one attached hydrogen (secondary N) is 1. The number of carbonyl (C=O) groups is 3. The normalized spacial score (nSPS) is 41.0. The highest BCUT2D eigenvalue weighted by atomic mass is 16.5. The number of imide groups is 1. The molecule has 5 aliphatic rings. The fraction of sp³-hybridized carbons (Fsp3) is 0.800. The predicted octanol–water partition coefficient (Wildman–Crippen LogP) is 0.557. The van der Waals surface area contributed by atoms with Gasteiger partial charge in [-0.05, 0) is 43.9 Å². The lowest BCUT2D eigenvalue weighted by Gasteiger charge is -2.56. The third kappa shape index (κ3) is 2.25. The van der Waals surface area contributed by atoms with Crippen LogP contribution >= 0.6 is 0 Å². The van der Waals surface area contributed by atoms with Crippen LogP contribution in [-0.2, 0) is 19.1 Å². The molecule has 0 radical (unpaired) electrons. The Morgan fingerprint density at radius 1 is 1.14 bits per heavy atom. The maximum atomic E-state index is 12.2. The van der Waals surface area contributed by atoms with Crippen LogP contribution in [-0.4, -0.2) is 41.0 Å². The summed E-state index contributed by atoms with van der Waals surface area (Å²) in [5.41, 5.74) is -0.544. The first-order chi connectivity index (χ1) is 10.0. The summed E-state index contributed by atoms with van der Waals surface area (Å²) in [6.07, 6.45) is 5.92. The van der Waals surface area contributed by atoms with Crippen LogP contribution in [0.25, 0.3) is 0 Å². The average molecular weight is 292 g/mol. The van der Waals surface area contributed by atoms with Crippen LogP contribution in [0, 0.1) is 11.8 Å². The molecule has 3 heterocycles. The zero-order valence-electron chi connectivity index (χ0n) is 12.0. The van der Waals surface area contributed by atoms with Gasteiger partial charge in [-0.25, -0.2) is 0 Å². The summed E-state index contributed by atoms with van der Waals surface area (Å²) < 4.78 is 6.08. The third-order valence-corrected chi connectivity index (χ3v) is 5.31. The van der Waals surface area contributed by atoms with Crippen molar-refractivity contribution in [2.75, 3.05) is 6.54 Å². The number of nitrogens with zero attached hydrogens (tertiary/aromatic N) is 1. The lowest BCUT2D eigenvalue weighted by Crippen LogP contribution is -2.64. The molecule has 114 valence electrons. The molecular weight excluding hydrogens is 272 g/mol. The van der Waals surface area contributed by atoms with Crippen molar-refractivity contribution in [2.45, 2.75) is 56.8 Å². The molecule has 4 bridgehead atoms. The number of rotatable bonds is 3. The first kappa shape index (κ1) is 13.2. The molecule has 5 fully saturated rings. The van der Waals surface area contributed by atoms with E-state index in [1.807, 2.05) is 0 Å². The Hall–Kier alpha value is -1.43. The van der Waals surface area contributed by atoms with Crippen molar-refractivity contribution in [1.29, 1.82) is 0 Å². The Bertz CT molecular complexity index is 465. The summed E-state index contributed by atoms with van der Waals surface area (Å²) >= 11 is 0. The van der Waals surface area contributed by atoms with Crippen LogP contribution in [0.3, 0.4) is 0 Å². The van der Waals surface area contributed by atoms with Crippen LogP contribution in [0.15, 0.2) is 0 Å². The Balaban J connectivity index is 1.42. The Morgan fingerprint density at radius 3 is 2.33 bits per heavy atom. The second kappa shape index (κ2) is 4.53. The van der Waals surface area contributed by atoms with Crippen molar-refractivity contribution in [3.05, 3.63) is 0 Å². The van der Waals surface area contributed by atoms with Gasteiger partial charge in [0.25, 0.3) is 0 Å². The molecule has 2 aliphatic carbocycles. The zero-order valence-corrected chi connectivity index (χ0v) is 12.0. The van der Waals surface area contributed by atoms with E-state index in [0.29, 0.717) is 11.8 Å². The molecular formula is C15H20N2O4. The number of likely N-dealkylation sites (tertiary alicyclic amines) is 1. The summed E-state index contributed by atoms with van der Waals surface area (Å²) in [6.45, 7) is -0.164. The zero-order chi connectivity index (χ0) is 14.6. The number of ether oxygens (including phenoxy) is 1. The number of carbonyl (C=O) groups excluding carboxylic acids is 3. The number of amides is 3. The van der Waals surface area contributed by atoms with Crippen molar-refractivity contribution in [3.8, 4) is 0 Å². The largest absolute Gasteiger partial charge is 0.353 e. The molecule has 0 spiro atoms. The molecule has 5 rings (SSSR count). The SMILES string of the molecule is O=C(CN1C(=O)CCC1=O)NC12C[C@@H]3CC(C[C@@H](C3)C1)O2. The lowest BCUT2D eigenvalue weighted by atomic mass is 9.65. The van der Waals surface area contributed by atoms with Gasteiger partial charge >= 0.3 is 0 Å². The summed E-state index contributed by atoms with van der Waals surface area (Å²) in [5.74, 6) is 0.516. The van der Waals surface area contributed by atoms with E-state index in [4.69, 9.17) is 4.74 Å². The van der Waals surface area contributed by atoms with Gasteiger partial charge < -0.3 is 10.1 Å². The molecule has 4 atom stereocenters. The fourth-order valence-electron chi connectivity index (χ4n) is 4.73. The summed E-state index contributed by atoms with van der Waals surface area (Å²) in [7, 11) is 0. The first-order valence-electron chi connectivity index (χ1n) is 7.85. The Labute approximate surface area is 123 Å². The van der Waals surface area contributed by atoms with Gasteiger partial charge in [0.1, 0.15) is 12.3 Å². The third-order valence-electron chi connectivity index (χ3n) is 5.31. The van der Waals surface area contributed by atoms with E-state index in [1.165, 1.54) is 6.42 Å². The fourth-order valence-corrected chi connectivity index (χ4v) is 4.73. The van der Waals surface area contributed by atoms with Crippen molar-refractivity contribution >= 4 is 17.7 Å². The van der Waals surface area contributed by atoms with Crippen LogP contribution in [0.4, 0.5) is 0 Å². The van der Waals surface area contributed by atoms with Gasteiger partial charge in [-0.3, -0.25) is 19.3 Å². The molecule has 2 unspecified atom stereocenters. The second-order valence-corrected chi connectivity index (χ2v) is 7.00. The highest BCUT2D eigenvalue weighted by molar-refractivity contribution is 6.04. The molecule has 21 heavy (non-hydrogen) atoms. The van der Waals surface area contributed by atoms with E-state index in [0.717, 1.165) is 30.6 Å². The molecule has 0 aromatic carbocycles. The van der Waals surface area contributed by atoms with E-state index in [9.17, 15) is 14.4 Å². The highest BCUT2D eigenvalue weighted by Crippen LogP contribution is 2.51. The van der Waals surface area contributed by atoms with E-state index in [2.05, 4.69) is 5.32 Å². The van der Waals surface area contributed by atoms with E-state index in [-0.39, 0.29) is 43.2 Å². The summed E-state index contributed by atoms with van der Waals surface area (Å²) in [6, 6.07) is 0. The smallest absolute Gasteiger partial charge is 0.242 e. The lowest BCUT2D eigenvalue weighted by molar-refractivity contribution is -0.233. The molecule has 1 N–H and O–H groups in total. The van der Waals surface area contributed by atoms with Crippen molar-refractivity contribution in [1.82, 2.24) is 10.2 Å². The summed E-state index contributed by atoms with van der Waals surface area (Å²) in [4.78, 5) is 36.5. The van der Waals surface area contributed by atoms with E-state index in [1.54, 1.807) is 0 Å². The number of hydrogen-bond donors (Lipinski definition) is 1. The molecule has 3 amide bonds. The molecule has 6 heteroatoms. The summed E-state index contributed by atoms with van der Waals surface area (Å²) in [5, 5.41) is 2.99. The van der Waals surface area contributed by atoms with Gasteiger partial charge in [0.2, 0.25) is 17.7 Å². The van der Waals surface area contributed by atoms with Gasteiger partial charge in [0.15, 0.2) is 0 Å². The minimum absolute atomic E-state index is 0.164. The molecule has 3 aliphatic heterocycles. The average Bonchev–Trinajstić information content (AvgIpc) is 2.68. The van der Waals surface area contributed by atoms with Crippen LogP contribution in [0.1, 0.15) is 44.9 Å². The van der Waals surface area contributed by atoms with Crippen LogP contribution in [0.5, 0.6) is 0 Å². The van der Waals surface area contributed by atoms with Crippen molar-refractivity contribution in [3.63, 3.8) is 0 Å². The maximum Gasteiger partial charge on any atom is 0.242 e. The molecule has 2 saturated carbocycles. The molecule has 3 saturated heterocycles. The first-order valence-corrected chi connectivity index (χ1v) is 7.85. The van der Waals surface area contributed by atoms with Gasteiger partial charge in [-0.1, -0.05) is 0 Å². The molecule has 0 aromatic heterocycles. The van der Waals surface area contributed by atoms with Crippen LogP contribution in [0.2, 0.25) is 0 Å². The van der Waals surface area contributed by atoms with Gasteiger partial charge in [0, 0.05) is 12.8 Å². The monoisotopic (exact) mass is 292 g/mol. The topological polar surface area (TPSA) is 75.7 Å². The van der Waals surface area contributed by atoms with Crippen LogP contribution < -0.4 is 5.32 Å². The quantitative estimate of drug-likeness (QED) is 0.771. The van der Waals surface area contributed by atoms with Gasteiger partial charge in [0.05, 0.1) is 6.10 Å². The molecule has 0 aromatic rings. The van der Waals surface area contributed by atoms with Gasteiger partial charge in [-0.2, -0.15) is 0 Å². The Morgan fingerprint density at radius 2 is 1.76 bits per heavy atom. The van der Waals surface area contributed by atoms with E-state index >= 15 is 0 Å². The Kier molecular flexibility index (Phi) is 2.86. The minimum Gasteiger partial charge on any atom is -0.353 e. The predicted molar refractivity (Wildman–Crippen MR) is 71.8 cm³/mol. The van der Waals surface area contributed by atoms with Crippen molar-refractivity contribution < 1.29 is 19.1 Å². The van der Waals surface area contributed by atoms with Crippen molar-refractivity contribution in [2.24, 2.45) is 11.8 Å². The van der Waals surface area contributed by atoms with Gasteiger partial charge in [-0.15, -0.1) is 0 Å². The second-order valence-electron chi connectivity index (χ2n) is 7.00.